The van der Waals surface area contributed by atoms with Gasteiger partial charge in [0.1, 0.15) is 5.75 Å². The minimum atomic E-state index is -0.868. The number of ether oxygens (including phenoxy) is 3. The molecule has 2 aliphatic heterocycles. The molecule has 37 heavy (non-hydrogen) atoms. The Morgan fingerprint density at radius 3 is 2.35 bits per heavy atom. The van der Waals surface area contributed by atoms with Gasteiger partial charge in [0.2, 0.25) is 5.91 Å². The molecule has 9 nitrogen and oxygen atoms in total. The minimum absolute atomic E-state index is 0.0118. The summed E-state index contributed by atoms with van der Waals surface area (Å²) in [6.07, 6.45) is 5.96. The number of rotatable bonds is 8. The van der Waals surface area contributed by atoms with Crippen LogP contribution >= 0.6 is 0 Å². The number of likely N-dealkylation sites (tertiary alicyclic amines) is 2. The van der Waals surface area contributed by atoms with Crippen LogP contribution in [0.2, 0.25) is 0 Å². The van der Waals surface area contributed by atoms with Crippen LogP contribution in [0.25, 0.3) is 6.08 Å². The molecular formula is C28H41N3O6. The molecule has 0 saturated carbocycles. The van der Waals surface area contributed by atoms with Crippen LogP contribution in [0, 0.1) is 5.41 Å². The third-order valence-electron chi connectivity index (χ3n) is 6.95. The number of amides is 3. The smallest absolute Gasteiger partial charge is 0.330 e. The highest BCUT2D eigenvalue weighted by molar-refractivity contribution is 5.92. The highest BCUT2D eigenvalue weighted by atomic mass is 16.5. The number of hydrogen-bond acceptors (Lipinski definition) is 6. The van der Waals surface area contributed by atoms with E-state index in [9.17, 15) is 14.4 Å². The summed E-state index contributed by atoms with van der Waals surface area (Å²) in [5.74, 6) is 0.208. The number of benzene rings is 1. The lowest BCUT2D eigenvalue weighted by atomic mass is 9.78. The number of nitrogens with zero attached hydrogens (tertiary/aromatic N) is 2. The molecule has 2 heterocycles. The van der Waals surface area contributed by atoms with Crippen LogP contribution in [0.1, 0.15) is 52.5 Å². The van der Waals surface area contributed by atoms with E-state index in [0.29, 0.717) is 32.8 Å². The summed E-state index contributed by atoms with van der Waals surface area (Å²) in [5, 5.41) is 2.78. The molecule has 0 aliphatic carbocycles. The van der Waals surface area contributed by atoms with Gasteiger partial charge in [-0.25, -0.2) is 9.59 Å². The van der Waals surface area contributed by atoms with E-state index in [0.717, 1.165) is 30.6 Å². The summed E-state index contributed by atoms with van der Waals surface area (Å²) < 4.78 is 16.2. The number of carbonyl (C=O) groups excluding carboxylic acids is 3. The van der Waals surface area contributed by atoms with Crippen molar-refractivity contribution in [3.63, 3.8) is 0 Å². The lowest BCUT2D eigenvalue weighted by Gasteiger charge is -2.39. The molecule has 9 heteroatoms. The average molecular weight is 516 g/mol. The average Bonchev–Trinajstić information content (AvgIpc) is 3.28. The van der Waals surface area contributed by atoms with Gasteiger partial charge in [-0.05, 0) is 64.5 Å². The number of para-hydroxylation sites is 1. The Bertz CT molecular complexity index is 978. The van der Waals surface area contributed by atoms with Crippen molar-refractivity contribution in [1.82, 2.24) is 15.1 Å². The molecule has 1 unspecified atom stereocenters. The predicted molar refractivity (Wildman–Crippen MR) is 141 cm³/mol. The summed E-state index contributed by atoms with van der Waals surface area (Å²) in [4.78, 5) is 41.6. The first kappa shape index (κ1) is 28.5. The molecule has 1 aromatic rings. The van der Waals surface area contributed by atoms with Gasteiger partial charge in [0.25, 0.3) is 0 Å². The lowest BCUT2D eigenvalue weighted by Crippen LogP contribution is -2.51. The van der Waals surface area contributed by atoms with Gasteiger partial charge in [-0.1, -0.05) is 18.2 Å². The van der Waals surface area contributed by atoms with E-state index in [-0.39, 0.29) is 24.0 Å². The number of nitrogens with one attached hydrogen (secondary N) is 1. The fraction of sp³-hybridized carbons (Fsp3) is 0.607. The van der Waals surface area contributed by atoms with Gasteiger partial charge in [-0.3, -0.25) is 4.79 Å². The zero-order chi connectivity index (χ0) is 27.1. The highest BCUT2D eigenvalue weighted by Crippen LogP contribution is 2.40. The van der Waals surface area contributed by atoms with Gasteiger partial charge in [-0.2, -0.15) is 0 Å². The number of carbonyl (C=O) groups is 3. The number of piperidine rings is 1. The van der Waals surface area contributed by atoms with Crippen molar-refractivity contribution in [3.05, 3.63) is 35.9 Å². The van der Waals surface area contributed by atoms with E-state index >= 15 is 0 Å². The van der Waals surface area contributed by atoms with Crippen molar-refractivity contribution >= 4 is 24.0 Å². The first-order valence-electron chi connectivity index (χ1n) is 13.0. The Hall–Kier alpha value is -3.07. The Balaban J connectivity index is 1.52. The molecule has 2 saturated heterocycles. The van der Waals surface area contributed by atoms with Gasteiger partial charge >= 0.3 is 12.0 Å². The lowest BCUT2D eigenvalue weighted by molar-refractivity contribution is -0.146. The maximum absolute atomic E-state index is 13.0. The maximum Gasteiger partial charge on any atom is 0.330 e. The van der Waals surface area contributed by atoms with Crippen molar-refractivity contribution in [3.8, 4) is 5.75 Å². The second kappa shape index (κ2) is 12.4. The van der Waals surface area contributed by atoms with Gasteiger partial charge < -0.3 is 29.3 Å². The van der Waals surface area contributed by atoms with Crippen LogP contribution in [0.3, 0.4) is 0 Å². The summed E-state index contributed by atoms with van der Waals surface area (Å²) in [5.41, 5.74) is 0.422. The van der Waals surface area contributed by atoms with E-state index in [1.54, 1.807) is 17.1 Å². The molecule has 204 valence electrons. The van der Waals surface area contributed by atoms with Crippen molar-refractivity contribution in [2.24, 2.45) is 5.41 Å². The maximum atomic E-state index is 13.0. The first-order valence-corrected chi connectivity index (χ1v) is 13.0. The minimum Gasteiger partial charge on any atom is -0.493 e. The fourth-order valence-corrected chi connectivity index (χ4v) is 4.77. The van der Waals surface area contributed by atoms with E-state index in [1.807, 2.05) is 56.9 Å². The standard InChI is InChI=1S/C28H41N3O6/c1-6-36-23-10-8-7-9-21(23)11-12-24(32)30-16-13-28(14-17-30)15-18-31(20-28)26(34)29-22(25(33)35-5)19-37-27(2,3)4/h7-12,22H,6,13-20H2,1-5H3,(H,29,34). The number of esters is 1. The van der Waals surface area contributed by atoms with Crippen LogP contribution in [-0.4, -0.2) is 85.9 Å². The summed E-state index contributed by atoms with van der Waals surface area (Å²) in [7, 11) is 1.30. The fourth-order valence-electron chi connectivity index (χ4n) is 4.77. The molecular weight excluding hydrogens is 474 g/mol. The molecule has 0 aromatic heterocycles. The molecule has 3 rings (SSSR count). The Morgan fingerprint density at radius 1 is 1.08 bits per heavy atom. The highest BCUT2D eigenvalue weighted by Gasteiger charge is 2.43. The van der Waals surface area contributed by atoms with Crippen LogP contribution in [0.15, 0.2) is 30.3 Å². The number of hydrogen-bond donors (Lipinski definition) is 1. The molecule has 1 N–H and O–H groups in total. The van der Waals surface area contributed by atoms with Gasteiger partial charge in [0, 0.05) is 37.8 Å². The van der Waals surface area contributed by atoms with Crippen molar-refractivity contribution in [2.75, 3.05) is 46.5 Å². The summed E-state index contributed by atoms with van der Waals surface area (Å²) >= 11 is 0. The normalized spacial score (nSPS) is 18.2. The van der Waals surface area contributed by atoms with Crippen molar-refractivity contribution in [1.29, 1.82) is 0 Å². The molecule has 1 spiro atoms. The molecule has 0 radical (unpaired) electrons. The Labute approximate surface area is 220 Å². The van der Waals surface area contributed by atoms with Crippen molar-refractivity contribution in [2.45, 2.75) is 58.6 Å². The molecule has 2 aliphatic rings. The molecule has 1 aromatic carbocycles. The second-order valence-electron chi connectivity index (χ2n) is 10.7. The van der Waals surface area contributed by atoms with E-state index in [4.69, 9.17) is 14.2 Å². The van der Waals surface area contributed by atoms with Crippen molar-refractivity contribution < 1.29 is 28.6 Å². The molecule has 0 bridgehead atoms. The molecule has 3 amide bonds. The van der Waals surface area contributed by atoms with Crippen LogP contribution in [0.4, 0.5) is 4.79 Å². The van der Waals surface area contributed by atoms with Crippen LogP contribution in [0.5, 0.6) is 5.75 Å². The number of urea groups is 1. The second-order valence-corrected chi connectivity index (χ2v) is 10.7. The number of methoxy groups -OCH3 is 1. The largest absolute Gasteiger partial charge is 0.493 e. The Kier molecular flexibility index (Phi) is 9.59. The van der Waals surface area contributed by atoms with E-state index in [1.165, 1.54) is 7.11 Å². The zero-order valence-electron chi connectivity index (χ0n) is 22.7. The topological polar surface area (TPSA) is 97.4 Å². The third-order valence-corrected chi connectivity index (χ3v) is 6.95. The van der Waals surface area contributed by atoms with E-state index < -0.39 is 17.6 Å². The monoisotopic (exact) mass is 515 g/mol. The van der Waals surface area contributed by atoms with Crippen LogP contribution < -0.4 is 10.1 Å². The first-order chi connectivity index (χ1) is 17.6. The quantitative estimate of drug-likeness (QED) is 0.421. The van der Waals surface area contributed by atoms with E-state index in [2.05, 4.69) is 5.32 Å². The Morgan fingerprint density at radius 2 is 1.73 bits per heavy atom. The van der Waals surface area contributed by atoms with Crippen LogP contribution in [-0.2, 0) is 19.1 Å². The third kappa shape index (κ3) is 7.95. The SMILES string of the molecule is CCOc1ccccc1C=CC(=O)N1CCC2(CC1)CCN(C(=O)NC(COC(C)(C)C)C(=O)OC)C2. The van der Waals surface area contributed by atoms with Gasteiger partial charge in [0.15, 0.2) is 6.04 Å². The van der Waals surface area contributed by atoms with Gasteiger partial charge in [-0.15, -0.1) is 0 Å². The summed E-state index contributed by atoms with van der Waals surface area (Å²) in [6.45, 7) is 10.7. The zero-order valence-corrected chi connectivity index (χ0v) is 22.7. The molecule has 2 fully saturated rings. The summed E-state index contributed by atoms with van der Waals surface area (Å²) in [6, 6.07) is 6.49. The molecule has 1 atom stereocenters. The van der Waals surface area contributed by atoms with Gasteiger partial charge in [0.05, 0.1) is 25.9 Å². The predicted octanol–water partition coefficient (Wildman–Crippen LogP) is 3.48.